The van der Waals surface area contributed by atoms with Crippen molar-refractivity contribution in [3.05, 3.63) is 11.6 Å². The third-order valence-electron chi connectivity index (χ3n) is 11.0. The fraction of sp³-hybridized carbons (Fsp3) is 0.929. The van der Waals surface area contributed by atoms with Gasteiger partial charge in [0.1, 0.15) is 0 Å². The van der Waals surface area contributed by atoms with E-state index in [9.17, 15) is 10.2 Å². The van der Waals surface area contributed by atoms with Crippen LogP contribution in [0.1, 0.15) is 79.6 Å². The molecule has 0 spiro atoms. The number of methoxy groups -OCH3 is 1. The summed E-state index contributed by atoms with van der Waals surface area (Å²) in [4.78, 5) is 0. The smallest absolute Gasteiger partial charge is 0.192 e. The van der Waals surface area contributed by atoms with Crippen LogP contribution in [0.3, 0.4) is 0 Å². The highest BCUT2D eigenvalue weighted by atomic mass is 28.4. The minimum atomic E-state index is -1.93. The normalized spacial score (nSPS) is 43.9. The van der Waals surface area contributed by atoms with Crippen LogP contribution in [0.4, 0.5) is 0 Å². The molecule has 4 aliphatic rings. The number of rotatable bonds is 7. The van der Waals surface area contributed by atoms with Crippen LogP contribution in [0.2, 0.25) is 18.1 Å². The summed E-state index contributed by atoms with van der Waals surface area (Å²) < 4.78 is 12.9. The van der Waals surface area contributed by atoms with Crippen molar-refractivity contribution in [2.24, 2.45) is 34.5 Å². The number of fused-ring (bicyclic) bond motifs is 2. The first kappa shape index (κ1) is 25.9. The van der Waals surface area contributed by atoms with Crippen molar-refractivity contribution in [1.29, 1.82) is 0 Å². The van der Waals surface area contributed by atoms with Crippen LogP contribution >= 0.6 is 0 Å². The maximum atomic E-state index is 11.6. The summed E-state index contributed by atoms with van der Waals surface area (Å²) in [6.07, 6.45) is 10.0. The van der Waals surface area contributed by atoms with Gasteiger partial charge in [-0.1, -0.05) is 46.3 Å². The highest BCUT2D eigenvalue weighted by molar-refractivity contribution is 6.74. The molecule has 4 rings (SSSR count). The Morgan fingerprint density at radius 2 is 1.94 bits per heavy atom. The van der Waals surface area contributed by atoms with Crippen molar-refractivity contribution >= 4 is 8.32 Å². The van der Waals surface area contributed by atoms with Gasteiger partial charge in [-0.05, 0) is 92.2 Å². The second-order valence-electron chi connectivity index (χ2n) is 13.8. The monoisotopic (exact) mass is 478 g/mol. The van der Waals surface area contributed by atoms with Gasteiger partial charge in [-0.25, -0.2) is 0 Å². The van der Waals surface area contributed by atoms with Crippen LogP contribution in [0.5, 0.6) is 0 Å². The van der Waals surface area contributed by atoms with Crippen LogP contribution in [0, 0.1) is 34.5 Å². The molecule has 9 atom stereocenters. The molecule has 0 aromatic rings. The lowest BCUT2D eigenvalue weighted by Gasteiger charge is -2.44. The van der Waals surface area contributed by atoms with Crippen molar-refractivity contribution in [2.45, 2.75) is 116 Å². The molecule has 0 saturated heterocycles. The second kappa shape index (κ2) is 8.72. The van der Waals surface area contributed by atoms with Gasteiger partial charge < -0.3 is 19.4 Å². The number of ether oxygens (including phenoxy) is 1. The summed E-state index contributed by atoms with van der Waals surface area (Å²) in [5, 5.41) is 21.5. The van der Waals surface area contributed by atoms with Crippen molar-refractivity contribution in [2.75, 3.05) is 13.7 Å². The lowest BCUT2D eigenvalue weighted by Crippen LogP contribution is -2.48. The Morgan fingerprint density at radius 1 is 1.24 bits per heavy atom. The lowest BCUT2D eigenvalue weighted by atomic mass is 9.61. The van der Waals surface area contributed by atoms with Gasteiger partial charge in [0, 0.05) is 19.1 Å². The molecule has 4 saturated carbocycles. The Balaban J connectivity index is 1.54. The maximum Gasteiger partial charge on any atom is 0.192 e. The maximum absolute atomic E-state index is 11.6. The van der Waals surface area contributed by atoms with Gasteiger partial charge in [-0.2, -0.15) is 0 Å². The number of aliphatic hydroxyl groups is 2. The highest BCUT2D eigenvalue weighted by Crippen LogP contribution is 2.68. The van der Waals surface area contributed by atoms with E-state index in [1.54, 1.807) is 5.57 Å². The van der Waals surface area contributed by atoms with E-state index in [0.717, 1.165) is 19.3 Å². The van der Waals surface area contributed by atoms with Crippen LogP contribution in [-0.2, 0) is 9.16 Å². The molecule has 5 heteroatoms. The summed E-state index contributed by atoms with van der Waals surface area (Å²) in [5.74, 6) is 2.07. The number of aliphatic hydroxyl groups excluding tert-OH is 2. The van der Waals surface area contributed by atoms with Gasteiger partial charge in [0.05, 0.1) is 18.3 Å². The van der Waals surface area contributed by atoms with E-state index in [0.29, 0.717) is 30.3 Å². The molecule has 4 fully saturated rings. The Hall–Kier alpha value is -0.203. The molecule has 0 aromatic heterocycles. The van der Waals surface area contributed by atoms with Gasteiger partial charge in [0.15, 0.2) is 8.32 Å². The first-order valence-corrected chi connectivity index (χ1v) is 16.4. The van der Waals surface area contributed by atoms with Crippen molar-refractivity contribution < 1.29 is 19.4 Å². The zero-order chi connectivity index (χ0) is 24.4. The predicted octanol–water partition coefficient (Wildman–Crippen LogP) is 5.93. The van der Waals surface area contributed by atoms with E-state index in [1.807, 2.05) is 7.11 Å². The summed E-state index contributed by atoms with van der Waals surface area (Å²) in [6, 6.07) is 0. The van der Waals surface area contributed by atoms with Crippen molar-refractivity contribution in [1.82, 2.24) is 0 Å². The average Bonchev–Trinajstić information content (AvgIpc) is 3.24. The molecule has 2 N–H and O–H groups in total. The fourth-order valence-corrected chi connectivity index (χ4v) is 9.29. The molecule has 0 amide bonds. The standard InChI is InChI=1S/C28H50O4Si/c1-18(17-29)21-11-12-22-19(10-9-13-27(21,22)5)14-24(31-6)28-16-20(28)15-23(25(28)30)32-33(7,8)26(2,3)4/h14,18,20-25,29-30H,9-13,15-17H2,1-8H3/b19-14+/t18-,20-,21-,22+,23?,24-,25?,27?,28+/m1/s1. The summed E-state index contributed by atoms with van der Waals surface area (Å²) >= 11 is 0. The van der Waals surface area contributed by atoms with Crippen LogP contribution in [0.15, 0.2) is 11.6 Å². The Labute approximate surface area is 203 Å². The first-order valence-electron chi connectivity index (χ1n) is 13.5. The van der Waals surface area contributed by atoms with Gasteiger partial charge in [0.25, 0.3) is 0 Å². The molecule has 0 aliphatic heterocycles. The number of hydrogen-bond donors (Lipinski definition) is 2. The molecule has 190 valence electrons. The molecule has 0 aromatic carbocycles. The minimum Gasteiger partial charge on any atom is -0.411 e. The van der Waals surface area contributed by atoms with Crippen LogP contribution < -0.4 is 0 Å². The van der Waals surface area contributed by atoms with Crippen LogP contribution in [-0.4, -0.2) is 50.6 Å². The largest absolute Gasteiger partial charge is 0.411 e. The minimum absolute atomic E-state index is 0.0304. The number of hydrogen-bond acceptors (Lipinski definition) is 4. The van der Waals surface area contributed by atoms with E-state index in [4.69, 9.17) is 9.16 Å². The fourth-order valence-electron chi connectivity index (χ4n) is 7.95. The lowest BCUT2D eigenvalue weighted by molar-refractivity contribution is -0.0428. The molecule has 33 heavy (non-hydrogen) atoms. The van der Waals surface area contributed by atoms with Gasteiger partial charge in [-0.3, -0.25) is 0 Å². The van der Waals surface area contributed by atoms with Gasteiger partial charge >= 0.3 is 0 Å². The number of allylic oxidation sites excluding steroid dienone is 1. The molecule has 0 bridgehead atoms. The first-order chi connectivity index (χ1) is 15.3. The third-order valence-corrected chi connectivity index (χ3v) is 15.5. The molecular weight excluding hydrogens is 428 g/mol. The van der Waals surface area contributed by atoms with E-state index >= 15 is 0 Å². The van der Waals surface area contributed by atoms with Crippen LogP contribution in [0.25, 0.3) is 0 Å². The SMILES string of the molecule is CO[C@H](/C=C1\CCCC2(C)[C@@H]([C@H](C)CO)CC[C@@H]12)[C@]12C[C@H]1CC(O[Si](C)(C)C(C)(C)C)C2O. The Kier molecular flexibility index (Phi) is 6.84. The van der Waals surface area contributed by atoms with Crippen molar-refractivity contribution in [3.8, 4) is 0 Å². The van der Waals surface area contributed by atoms with Crippen molar-refractivity contribution in [3.63, 3.8) is 0 Å². The third kappa shape index (κ3) is 4.12. The average molecular weight is 479 g/mol. The zero-order valence-electron chi connectivity index (χ0n) is 22.5. The van der Waals surface area contributed by atoms with E-state index in [1.165, 1.54) is 25.7 Å². The Morgan fingerprint density at radius 3 is 2.55 bits per heavy atom. The summed E-state index contributed by atoms with van der Waals surface area (Å²) in [6.45, 7) is 16.4. The predicted molar refractivity (Wildman–Crippen MR) is 137 cm³/mol. The topological polar surface area (TPSA) is 58.9 Å². The second-order valence-corrected chi connectivity index (χ2v) is 18.5. The quantitative estimate of drug-likeness (QED) is 0.351. The molecule has 0 radical (unpaired) electrons. The summed E-state index contributed by atoms with van der Waals surface area (Å²) in [7, 11) is -0.100. The molecule has 3 unspecified atom stereocenters. The molecule has 4 nitrogen and oxygen atoms in total. The summed E-state index contributed by atoms with van der Waals surface area (Å²) in [5.41, 5.74) is 1.68. The zero-order valence-corrected chi connectivity index (χ0v) is 23.5. The molecule has 0 heterocycles. The molecular formula is C28H50O4Si. The van der Waals surface area contributed by atoms with E-state index in [2.05, 4.69) is 53.8 Å². The van der Waals surface area contributed by atoms with Gasteiger partial charge in [0.2, 0.25) is 0 Å². The van der Waals surface area contributed by atoms with E-state index < -0.39 is 14.4 Å². The van der Waals surface area contributed by atoms with E-state index in [-0.39, 0.29) is 28.1 Å². The van der Waals surface area contributed by atoms with Gasteiger partial charge in [-0.15, -0.1) is 0 Å². The Bertz CT molecular complexity index is 757. The highest BCUT2D eigenvalue weighted by Gasteiger charge is 2.70. The molecule has 4 aliphatic carbocycles.